The van der Waals surface area contributed by atoms with Gasteiger partial charge in [-0.05, 0) is 37.3 Å². The van der Waals surface area contributed by atoms with Crippen LogP contribution in [0.5, 0.6) is 0 Å². The van der Waals surface area contributed by atoms with E-state index in [0.717, 1.165) is 10.9 Å². The lowest BCUT2D eigenvalue weighted by Gasteiger charge is -2.26. The van der Waals surface area contributed by atoms with Crippen molar-refractivity contribution in [3.05, 3.63) is 71.9 Å². The van der Waals surface area contributed by atoms with E-state index < -0.39 is 5.97 Å². The number of rotatable bonds is 5. The van der Waals surface area contributed by atoms with Crippen LogP contribution in [0.2, 0.25) is 0 Å². The van der Waals surface area contributed by atoms with Crippen LogP contribution in [-0.4, -0.2) is 27.6 Å². The van der Waals surface area contributed by atoms with Crippen LogP contribution < -0.4 is 5.32 Å². The molecule has 1 fully saturated rings. The highest BCUT2D eigenvalue weighted by Crippen LogP contribution is 2.26. The lowest BCUT2D eigenvalue weighted by atomic mass is 9.86. The van der Waals surface area contributed by atoms with Crippen molar-refractivity contribution in [2.24, 2.45) is 5.92 Å². The van der Waals surface area contributed by atoms with Gasteiger partial charge in [-0.15, -0.1) is 0 Å². The summed E-state index contributed by atoms with van der Waals surface area (Å²) in [6.07, 6.45) is 4.60. The van der Waals surface area contributed by atoms with Crippen LogP contribution in [-0.2, 0) is 11.3 Å². The fraction of sp³-hybridized carbons (Fsp3) is 0.304. The fourth-order valence-electron chi connectivity index (χ4n) is 4.09. The maximum absolute atomic E-state index is 13.0. The number of benzene rings is 2. The number of hydrogen-bond donors (Lipinski definition) is 2. The Morgan fingerprint density at radius 1 is 0.964 bits per heavy atom. The number of carboxylic acid groups (broad SMARTS) is 1. The normalized spacial score (nSPS) is 19.4. The molecule has 1 saturated carbocycles. The molecule has 28 heavy (non-hydrogen) atoms. The number of aliphatic carboxylic acids is 1. The maximum Gasteiger partial charge on any atom is 0.306 e. The molecule has 0 radical (unpaired) electrons. The summed E-state index contributed by atoms with van der Waals surface area (Å²) in [6.45, 7) is 0.707. The van der Waals surface area contributed by atoms with Crippen LogP contribution in [0.25, 0.3) is 10.9 Å². The molecule has 2 aromatic carbocycles. The highest BCUT2D eigenvalue weighted by atomic mass is 16.4. The highest BCUT2D eigenvalue weighted by Gasteiger charge is 2.27. The third kappa shape index (κ3) is 3.79. The maximum atomic E-state index is 13.0. The number of amides is 1. The number of aromatic nitrogens is 1. The van der Waals surface area contributed by atoms with Gasteiger partial charge >= 0.3 is 5.97 Å². The van der Waals surface area contributed by atoms with Crippen LogP contribution in [0.1, 0.15) is 41.6 Å². The second-order valence-electron chi connectivity index (χ2n) is 7.53. The molecule has 0 aliphatic heterocycles. The van der Waals surface area contributed by atoms with Crippen molar-refractivity contribution in [1.82, 2.24) is 9.88 Å². The minimum absolute atomic E-state index is 0.0411. The van der Waals surface area contributed by atoms with Gasteiger partial charge in [-0.1, -0.05) is 48.5 Å². The Balaban J connectivity index is 1.53. The molecule has 0 bridgehead atoms. The molecule has 5 heteroatoms. The quantitative estimate of drug-likeness (QED) is 0.705. The molecule has 1 aliphatic rings. The molecule has 1 heterocycles. The van der Waals surface area contributed by atoms with Gasteiger partial charge < -0.3 is 15.0 Å². The van der Waals surface area contributed by atoms with E-state index >= 15 is 0 Å². The Morgan fingerprint density at radius 3 is 2.36 bits per heavy atom. The zero-order valence-corrected chi connectivity index (χ0v) is 15.7. The number of fused-ring (bicyclic) bond motifs is 1. The van der Waals surface area contributed by atoms with Gasteiger partial charge in [0.1, 0.15) is 0 Å². The summed E-state index contributed by atoms with van der Waals surface area (Å²) in [5, 5.41) is 13.2. The van der Waals surface area contributed by atoms with Crippen molar-refractivity contribution in [2.75, 3.05) is 0 Å². The Kier molecular flexibility index (Phi) is 5.15. The van der Waals surface area contributed by atoms with E-state index in [4.69, 9.17) is 5.11 Å². The second-order valence-corrected chi connectivity index (χ2v) is 7.53. The molecule has 2 N–H and O–H groups in total. The van der Waals surface area contributed by atoms with E-state index in [9.17, 15) is 9.59 Å². The van der Waals surface area contributed by atoms with E-state index in [-0.39, 0.29) is 17.9 Å². The minimum Gasteiger partial charge on any atom is -0.481 e. The predicted molar refractivity (Wildman–Crippen MR) is 108 cm³/mol. The first-order chi connectivity index (χ1) is 13.6. The zero-order chi connectivity index (χ0) is 19.5. The Labute approximate surface area is 164 Å². The van der Waals surface area contributed by atoms with Gasteiger partial charge in [0, 0.05) is 29.7 Å². The third-order valence-corrected chi connectivity index (χ3v) is 5.64. The molecule has 5 nitrogen and oxygen atoms in total. The topological polar surface area (TPSA) is 71.3 Å². The Morgan fingerprint density at radius 2 is 1.64 bits per heavy atom. The van der Waals surface area contributed by atoms with Crippen LogP contribution in [0.4, 0.5) is 0 Å². The smallest absolute Gasteiger partial charge is 0.306 e. The van der Waals surface area contributed by atoms with Gasteiger partial charge in [-0.25, -0.2) is 0 Å². The summed E-state index contributed by atoms with van der Waals surface area (Å²) < 4.78 is 2.11. The number of hydrogen-bond acceptors (Lipinski definition) is 2. The van der Waals surface area contributed by atoms with Crippen LogP contribution in [0, 0.1) is 5.92 Å². The SMILES string of the molecule is O=C(NC1CCC(C(=O)O)CC1)c1cn(Cc2ccccc2)c2ccccc12. The predicted octanol–water partition coefficient (Wildman–Crippen LogP) is 4.06. The van der Waals surface area contributed by atoms with Crippen molar-refractivity contribution in [3.63, 3.8) is 0 Å². The van der Waals surface area contributed by atoms with Crippen LogP contribution in [0.3, 0.4) is 0 Å². The summed E-state index contributed by atoms with van der Waals surface area (Å²) in [5.41, 5.74) is 2.89. The lowest BCUT2D eigenvalue weighted by molar-refractivity contribution is -0.142. The number of para-hydroxylation sites is 1. The molecule has 0 spiro atoms. The van der Waals surface area contributed by atoms with Crippen molar-refractivity contribution < 1.29 is 14.7 Å². The molecule has 1 amide bonds. The van der Waals surface area contributed by atoms with E-state index in [1.807, 2.05) is 48.7 Å². The molecule has 3 aromatic rings. The molecule has 0 atom stereocenters. The van der Waals surface area contributed by atoms with Gasteiger partial charge in [0.15, 0.2) is 0 Å². The van der Waals surface area contributed by atoms with Gasteiger partial charge in [0.25, 0.3) is 5.91 Å². The Bertz CT molecular complexity index is 986. The van der Waals surface area contributed by atoms with Crippen molar-refractivity contribution in [3.8, 4) is 0 Å². The van der Waals surface area contributed by atoms with Crippen molar-refractivity contribution in [1.29, 1.82) is 0 Å². The monoisotopic (exact) mass is 376 g/mol. The van der Waals surface area contributed by atoms with Gasteiger partial charge in [-0.2, -0.15) is 0 Å². The average Bonchev–Trinajstić information content (AvgIpc) is 3.08. The Hall–Kier alpha value is -3.08. The first-order valence-corrected chi connectivity index (χ1v) is 9.77. The number of nitrogens with one attached hydrogen (secondary N) is 1. The van der Waals surface area contributed by atoms with Gasteiger partial charge in [0.05, 0.1) is 11.5 Å². The molecule has 0 saturated heterocycles. The molecule has 0 unspecified atom stereocenters. The second kappa shape index (κ2) is 7.89. The lowest BCUT2D eigenvalue weighted by Crippen LogP contribution is -2.38. The van der Waals surface area contributed by atoms with E-state index in [0.29, 0.717) is 37.8 Å². The molecule has 144 valence electrons. The van der Waals surface area contributed by atoms with Crippen LogP contribution in [0.15, 0.2) is 60.8 Å². The average molecular weight is 376 g/mol. The zero-order valence-electron chi connectivity index (χ0n) is 15.7. The third-order valence-electron chi connectivity index (χ3n) is 5.64. The largest absolute Gasteiger partial charge is 0.481 e. The molecule has 1 aliphatic carbocycles. The summed E-state index contributed by atoms with van der Waals surface area (Å²) in [5.74, 6) is -1.09. The first kappa shape index (κ1) is 18.3. The minimum atomic E-state index is -0.728. The van der Waals surface area contributed by atoms with Gasteiger partial charge in [0.2, 0.25) is 0 Å². The molecule has 1 aromatic heterocycles. The number of carbonyl (C=O) groups is 2. The standard InChI is InChI=1S/C23H24N2O3/c26-22(24-18-12-10-17(11-13-18)23(27)28)20-15-25(14-16-6-2-1-3-7-16)21-9-5-4-8-19(20)21/h1-9,15,17-18H,10-14H2,(H,24,26)(H,27,28). The summed E-state index contributed by atoms with van der Waals surface area (Å²) in [4.78, 5) is 24.1. The van der Waals surface area contributed by atoms with E-state index in [2.05, 4.69) is 22.0 Å². The number of carbonyl (C=O) groups excluding carboxylic acids is 1. The van der Waals surface area contributed by atoms with E-state index in [1.54, 1.807) is 0 Å². The molecular formula is C23H24N2O3. The van der Waals surface area contributed by atoms with E-state index in [1.165, 1.54) is 5.56 Å². The molecular weight excluding hydrogens is 352 g/mol. The highest BCUT2D eigenvalue weighted by molar-refractivity contribution is 6.07. The number of nitrogens with zero attached hydrogens (tertiary/aromatic N) is 1. The first-order valence-electron chi connectivity index (χ1n) is 9.77. The fourth-order valence-corrected chi connectivity index (χ4v) is 4.09. The molecule has 4 rings (SSSR count). The number of carboxylic acids is 1. The van der Waals surface area contributed by atoms with Crippen LogP contribution >= 0.6 is 0 Å². The van der Waals surface area contributed by atoms with Crippen molar-refractivity contribution in [2.45, 2.75) is 38.3 Å². The summed E-state index contributed by atoms with van der Waals surface area (Å²) in [6, 6.07) is 18.2. The summed E-state index contributed by atoms with van der Waals surface area (Å²) in [7, 11) is 0. The summed E-state index contributed by atoms with van der Waals surface area (Å²) >= 11 is 0. The van der Waals surface area contributed by atoms with Gasteiger partial charge in [-0.3, -0.25) is 9.59 Å². The van der Waals surface area contributed by atoms with Crippen molar-refractivity contribution >= 4 is 22.8 Å².